The maximum atomic E-state index is 12.8. The van der Waals surface area contributed by atoms with Crippen LogP contribution >= 0.6 is 0 Å². The van der Waals surface area contributed by atoms with Gasteiger partial charge in [-0.1, -0.05) is 18.2 Å². The molecule has 1 amide bonds. The van der Waals surface area contributed by atoms with Crippen molar-refractivity contribution in [3.05, 3.63) is 53.7 Å². The normalized spacial score (nSPS) is 12.2. The van der Waals surface area contributed by atoms with Crippen molar-refractivity contribution in [3.8, 4) is 5.75 Å². The van der Waals surface area contributed by atoms with Gasteiger partial charge in [-0.15, -0.1) is 0 Å². The predicted octanol–water partition coefficient (Wildman–Crippen LogP) is 3.79. The van der Waals surface area contributed by atoms with Crippen LogP contribution in [-0.2, 0) is 22.4 Å². The number of nitrogens with zero attached hydrogens (tertiary/aromatic N) is 2. The summed E-state index contributed by atoms with van der Waals surface area (Å²) >= 11 is 0. The lowest BCUT2D eigenvalue weighted by atomic mass is 9.94. The molecule has 2 rings (SSSR count). The lowest BCUT2D eigenvalue weighted by Crippen LogP contribution is -2.43. The zero-order chi connectivity index (χ0) is 24.4. The number of nitrogens with one attached hydrogen (secondary N) is 1. The molecule has 0 fully saturated rings. The average molecular weight is 467 g/mol. The number of anilines is 1. The highest BCUT2D eigenvalue weighted by Gasteiger charge is 2.35. The summed E-state index contributed by atoms with van der Waals surface area (Å²) in [5, 5.41) is 12.1. The molecule has 0 radical (unpaired) electrons. The van der Waals surface area contributed by atoms with Crippen molar-refractivity contribution >= 4 is 17.7 Å². The fourth-order valence-electron chi connectivity index (χ4n) is 3.32. The molecule has 7 nitrogen and oxygen atoms in total. The molecule has 2 aromatic rings. The molecule has 33 heavy (non-hydrogen) atoms. The first-order valence-electron chi connectivity index (χ1n) is 10.5. The van der Waals surface area contributed by atoms with Gasteiger partial charge in [-0.25, -0.2) is 4.98 Å². The van der Waals surface area contributed by atoms with Crippen molar-refractivity contribution < 1.29 is 32.6 Å². The standard InChI is InChI=1S/C23H28F3N3O4/c1-3-29(15-23(24,25)26)22(32)17(14-21(30)31)13-16-7-9-19(10-8-16)33-12-11-18-5-4-6-20(27-2)28-18/h4-10,17H,3,11-15H2,1-2H3,(H,27,28)(H,30,31). The largest absolute Gasteiger partial charge is 0.493 e. The number of rotatable bonds is 12. The van der Waals surface area contributed by atoms with E-state index in [1.165, 1.54) is 6.92 Å². The summed E-state index contributed by atoms with van der Waals surface area (Å²) in [6.07, 6.45) is -4.49. The van der Waals surface area contributed by atoms with Crippen LogP contribution in [0.15, 0.2) is 42.5 Å². The molecule has 1 atom stereocenters. The average Bonchev–Trinajstić information content (AvgIpc) is 2.77. The van der Waals surface area contributed by atoms with Crippen LogP contribution in [0.1, 0.15) is 24.6 Å². The number of carbonyl (C=O) groups excluding carboxylic acids is 1. The SMILES string of the molecule is CCN(CC(F)(F)F)C(=O)C(CC(=O)O)Cc1ccc(OCCc2cccc(NC)n2)cc1. The van der Waals surface area contributed by atoms with Crippen LogP contribution in [0.2, 0.25) is 0 Å². The van der Waals surface area contributed by atoms with Crippen LogP contribution in [0, 0.1) is 5.92 Å². The summed E-state index contributed by atoms with van der Waals surface area (Å²) in [4.78, 5) is 28.9. The van der Waals surface area contributed by atoms with Gasteiger partial charge in [-0.05, 0) is 43.2 Å². The number of ether oxygens (including phenoxy) is 1. The van der Waals surface area contributed by atoms with Gasteiger partial charge in [0.2, 0.25) is 5.91 Å². The molecule has 0 saturated heterocycles. The van der Waals surface area contributed by atoms with Gasteiger partial charge in [0.1, 0.15) is 18.1 Å². The Morgan fingerprint density at radius 3 is 2.45 bits per heavy atom. The lowest BCUT2D eigenvalue weighted by molar-refractivity contribution is -0.164. The number of hydrogen-bond acceptors (Lipinski definition) is 5. The molecule has 1 unspecified atom stereocenters. The molecule has 0 aliphatic rings. The van der Waals surface area contributed by atoms with Crippen LogP contribution in [-0.4, -0.2) is 59.8 Å². The summed E-state index contributed by atoms with van der Waals surface area (Å²) in [7, 11) is 1.79. The van der Waals surface area contributed by atoms with E-state index < -0.39 is 36.9 Å². The van der Waals surface area contributed by atoms with Gasteiger partial charge in [-0.3, -0.25) is 9.59 Å². The van der Waals surface area contributed by atoms with Crippen LogP contribution in [0.4, 0.5) is 19.0 Å². The maximum Gasteiger partial charge on any atom is 0.406 e. The topological polar surface area (TPSA) is 91.8 Å². The number of carboxylic acids is 1. The molecule has 2 N–H and O–H groups in total. The molecule has 0 aliphatic heterocycles. The Hall–Kier alpha value is -3.30. The first-order valence-corrected chi connectivity index (χ1v) is 10.5. The monoisotopic (exact) mass is 467 g/mol. The maximum absolute atomic E-state index is 12.8. The second-order valence-electron chi connectivity index (χ2n) is 7.47. The minimum Gasteiger partial charge on any atom is -0.493 e. The number of alkyl halides is 3. The second kappa shape index (κ2) is 12.1. The molecule has 1 aromatic carbocycles. The number of aliphatic carboxylic acids is 1. The van der Waals surface area contributed by atoms with E-state index >= 15 is 0 Å². The van der Waals surface area contributed by atoms with E-state index in [1.54, 1.807) is 31.3 Å². The fourth-order valence-corrected chi connectivity index (χ4v) is 3.32. The zero-order valence-electron chi connectivity index (χ0n) is 18.6. The van der Waals surface area contributed by atoms with Crippen molar-refractivity contribution in [1.29, 1.82) is 0 Å². The summed E-state index contributed by atoms with van der Waals surface area (Å²) in [6.45, 7) is 0.255. The highest BCUT2D eigenvalue weighted by Crippen LogP contribution is 2.22. The third kappa shape index (κ3) is 8.99. The van der Waals surface area contributed by atoms with E-state index in [1.807, 2.05) is 18.2 Å². The first-order chi connectivity index (χ1) is 15.6. The Morgan fingerprint density at radius 1 is 1.18 bits per heavy atom. The Morgan fingerprint density at radius 2 is 1.88 bits per heavy atom. The van der Waals surface area contributed by atoms with Gasteiger partial charge < -0.3 is 20.1 Å². The van der Waals surface area contributed by atoms with Crippen molar-refractivity contribution in [1.82, 2.24) is 9.88 Å². The van der Waals surface area contributed by atoms with Crippen LogP contribution in [0.3, 0.4) is 0 Å². The van der Waals surface area contributed by atoms with Gasteiger partial charge in [0.25, 0.3) is 0 Å². The predicted molar refractivity (Wildman–Crippen MR) is 117 cm³/mol. The number of benzene rings is 1. The van der Waals surface area contributed by atoms with Gasteiger partial charge in [0, 0.05) is 25.7 Å². The van der Waals surface area contributed by atoms with Gasteiger partial charge >= 0.3 is 12.1 Å². The van der Waals surface area contributed by atoms with E-state index in [9.17, 15) is 22.8 Å². The highest BCUT2D eigenvalue weighted by molar-refractivity contribution is 5.83. The van der Waals surface area contributed by atoms with Crippen LogP contribution < -0.4 is 10.1 Å². The molecular weight excluding hydrogens is 439 g/mol. The number of halogens is 3. The molecule has 180 valence electrons. The molecule has 0 bridgehead atoms. The van der Waals surface area contributed by atoms with Crippen molar-refractivity contribution in [2.45, 2.75) is 32.4 Å². The van der Waals surface area contributed by atoms with Gasteiger partial charge in [0.05, 0.1) is 18.9 Å². The minimum absolute atomic E-state index is 0.0144. The number of carbonyl (C=O) groups is 2. The number of pyridine rings is 1. The second-order valence-corrected chi connectivity index (χ2v) is 7.47. The molecular formula is C23H28F3N3O4. The van der Waals surface area contributed by atoms with Gasteiger partial charge in [-0.2, -0.15) is 13.2 Å². The Bertz CT molecular complexity index is 920. The quantitative estimate of drug-likeness (QED) is 0.494. The van der Waals surface area contributed by atoms with E-state index in [4.69, 9.17) is 9.84 Å². The minimum atomic E-state index is -4.55. The first kappa shape index (κ1) is 26.0. The Kier molecular flexibility index (Phi) is 9.50. The molecule has 0 aliphatic carbocycles. The summed E-state index contributed by atoms with van der Waals surface area (Å²) in [5.74, 6) is -1.82. The lowest BCUT2D eigenvalue weighted by Gasteiger charge is -2.26. The molecule has 1 aromatic heterocycles. The van der Waals surface area contributed by atoms with Crippen LogP contribution in [0.25, 0.3) is 0 Å². The van der Waals surface area contributed by atoms with Gasteiger partial charge in [0.15, 0.2) is 0 Å². The fraction of sp³-hybridized carbons (Fsp3) is 0.435. The molecule has 0 spiro atoms. The van der Waals surface area contributed by atoms with E-state index in [-0.39, 0.29) is 13.0 Å². The smallest absolute Gasteiger partial charge is 0.406 e. The third-order valence-electron chi connectivity index (χ3n) is 4.93. The van der Waals surface area contributed by atoms with E-state index in [0.29, 0.717) is 29.2 Å². The highest BCUT2D eigenvalue weighted by atomic mass is 19.4. The zero-order valence-corrected chi connectivity index (χ0v) is 18.6. The summed E-state index contributed by atoms with van der Waals surface area (Å²) < 4.78 is 44.0. The number of carboxylic acid groups (broad SMARTS) is 1. The Labute approximate surface area is 190 Å². The van der Waals surface area contributed by atoms with E-state index in [2.05, 4.69) is 10.3 Å². The third-order valence-corrected chi connectivity index (χ3v) is 4.93. The van der Waals surface area contributed by atoms with E-state index in [0.717, 1.165) is 11.5 Å². The van der Waals surface area contributed by atoms with Crippen molar-refractivity contribution in [2.75, 3.05) is 32.1 Å². The molecule has 0 saturated carbocycles. The number of aromatic nitrogens is 1. The van der Waals surface area contributed by atoms with Crippen molar-refractivity contribution in [3.63, 3.8) is 0 Å². The van der Waals surface area contributed by atoms with Crippen LogP contribution in [0.5, 0.6) is 5.75 Å². The summed E-state index contributed by atoms with van der Waals surface area (Å²) in [6, 6.07) is 12.4. The number of hydrogen-bond donors (Lipinski definition) is 2. The summed E-state index contributed by atoms with van der Waals surface area (Å²) in [5.41, 5.74) is 1.50. The Balaban J connectivity index is 1.98. The molecule has 1 heterocycles. The van der Waals surface area contributed by atoms with Crippen molar-refractivity contribution in [2.24, 2.45) is 5.92 Å². The molecule has 10 heteroatoms. The number of amides is 1.